The third kappa shape index (κ3) is 1.94. The van der Waals surface area contributed by atoms with Gasteiger partial charge >= 0.3 is 6.18 Å². The summed E-state index contributed by atoms with van der Waals surface area (Å²) in [4.78, 5) is 0. The Kier molecular flexibility index (Phi) is 2.20. The van der Waals surface area contributed by atoms with E-state index in [0.29, 0.717) is 0 Å². The predicted molar refractivity (Wildman–Crippen MR) is 37.3 cm³/mol. The summed E-state index contributed by atoms with van der Waals surface area (Å²) < 4.78 is 35.7. The van der Waals surface area contributed by atoms with Crippen LogP contribution in [0.15, 0.2) is 16.8 Å². The van der Waals surface area contributed by atoms with Crippen molar-refractivity contribution in [2.24, 2.45) is 5.73 Å². The van der Waals surface area contributed by atoms with Gasteiger partial charge in [-0.2, -0.15) is 24.5 Å². The smallest absolute Gasteiger partial charge is 0.316 e. The molecule has 0 fully saturated rings. The van der Waals surface area contributed by atoms with Crippen molar-refractivity contribution in [2.45, 2.75) is 12.2 Å². The van der Waals surface area contributed by atoms with Gasteiger partial charge in [-0.15, -0.1) is 0 Å². The van der Waals surface area contributed by atoms with E-state index in [1.807, 2.05) is 0 Å². The van der Waals surface area contributed by atoms with E-state index in [1.54, 1.807) is 5.38 Å². The van der Waals surface area contributed by atoms with E-state index in [-0.39, 0.29) is 5.56 Å². The summed E-state index contributed by atoms with van der Waals surface area (Å²) >= 11 is 1.20. The summed E-state index contributed by atoms with van der Waals surface area (Å²) in [5.74, 6) is 0. The minimum absolute atomic E-state index is 0.127. The molecule has 62 valence electrons. The maximum atomic E-state index is 11.9. The largest absolute Gasteiger partial charge is 0.407 e. The number of thiophene rings is 1. The number of alkyl halides is 3. The quantitative estimate of drug-likeness (QED) is 0.706. The Labute approximate surface area is 65.6 Å². The second-order valence-electron chi connectivity index (χ2n) is 2.08. The van der Waals surface area contributed by atoms with Crippen molar-refractivity contribution in [2.75, 3.05) is 0 Å². The van der Waals surface area contributed by atoms with Crippen LogP contribution in [0.4, 0.5) is 13.2 Å². The topological polar surface area (TPSA) is 26.0 Å². The maximum absolute atomic E-state index is 11.9. The highest BCUT2D eigenvalue weighted by molar-refractivity contribution is 7.07. The Bertz CT molecular complexity index is 216. The van der Waals surface area contributed by atoms with Crippen LogP contribution in [0.25, 0.3) is 0 Å². The molecule has 0 aliphatic heterocycles. The number of nitrogens with two attached hydrogens (primary N) is 1. The van der Waals surface area contributed by atoms with Gasteiger partial charge < -0.3 is 5.73 Å². The highest BCUT2D eigenvalue weighted by Gasteiger charge is 2.37. The minimum atomic E-state index is -4.33. The Morgan fingerprint density at radius 1 is 1.45 bits per heavy atom. The van der Waals surface area contributed by atoms with E-state index in [2.05, 4.69) is 0 Å². The molecule has 2 N–H and O–H groups in total. The van der Waals surface area contributed by atoms with Crippen LogP contribution in [0.5, 0.6) is 0 Å². The van der Waals surface area contributed by atoms with E-state index in [0.717, 1.165) is 0 Å². The fraction of sp³-hybridized carbons (Fsp3) is 0.333. The van der Waals surface area contributed by atoms with Gasteiger partial charge in [0.1, 0.15) is 6.04 Å². The number of hydrogen-bond donors (Lipinski definition) is 1. The molecule has 0 amide bonds. The third-order valence-corrected chi connectivity index (χ3v) is 1.96. The molecule has 0 aromatic carbocycles. The average Bonchev–Trinajstić information content (AvgIpc) is 2.34. The van der Waals surface area contributed by atoms with E-state index < -0.39 is 12.2 Å². The monoisotopic (exact) mass is 181 g/mol. The molecule has 0 unspecified atom stereocenters. The Balaban J connectivity index is 2.78. The van der Waals surface area contributed by atoms with Crippen LogP contribution in [-0.2, 0) is 0 Å². The SMILES string of the molecule is N[C@H](c1ccsc1)C(F)(F)F. The second-order valence-corrected chi connectivity index (χ2v) is 2.86. The Morgan fingerprint density at radius 2 is 2.09 bits per heavy atom. The van der Waals surface area contributed by atoms with Gasteiger partial charge in [-0.25, -0.2) is 0 Å². The highest BCUT2D eigenvalue weighted by atomic mass is 32.1. The van der Waals surface area contributed by atoms with Crippen molar-refractivity contribution < 1.29 is 13.2 Å². The van der Waals surface area contributed by atoms with E-state index in [9.17, 15) is 13.2 Å². The standard InChI is InChI=1S/C6H6F3NS/c7-6(8,9)5(10)4-1-2-11-3-4/h1-3,5H,10H2/t5-/m1/s1. The third-order valence-electron chi connectivity index (χ3n) is 1.25. The molecule has 1 aromatic rings. The summed E-state index contributed by atoms with van der Waals surface area (Å²) in [6.07, 6.45) is -4.33. The van der Waals surface area contributed by atoms with E-state index >= 15 is 0 Å². The van der Waals surface area contributed by atoms with Gasteiger partial charge in [0.25, 0.3) is 0 Å². The molecule has 0 saturated carbocycles. The molecule has 1 heterocycles. The van der Waals surface area contributed by atoms with Crippen molar-refractivity contribution in [3.8, 4) is 0 Å². The lowest BCUT2D eigenvalue weighted by atomic mass is 10.2. The van der Waals surface area contributed by atoms with Crippen molar-refractivity contribution in [3.63, 3.8) is 0 Å². The van der Waals surface area contributed by atoms with Crippen LogP contribution >= 0.6 is 11.3 Å². The molecule has 11 heavy (non-hydrogen) atoms. The first-order valence-electron chi connectivity index (χ1n) is 2.86. The average molecular weight is 181 g/mol. The Hall–Kier alpha value is -0.550. The molecule has 1 atom stereocenters. The molecule has 1 rings (SSSR count). The lowest BCUT2D eigenvalue weighted by Gasteiger charge is -2.13. The molecule has 0 aliphatic carbocycles. The van der Waals surface area contributed by atoms with Gasteiger partial charge in [-0.05, 0) is 22.4 Å². The van der Waals surface area contributed by atoms with Crippen molar-refractivity contribution in [3.05, 3.63) is 22.4 Å². The van der Waals surface area contributed by atoms with Gasteiger partial charge in [0, 0.05) is 0 Å². The first kappa shape index (κ1) is 8.55. The lowest BCUT2D eigenvalue weighted by molar-refractivity contribution is -0.149. The molecule has 1 nitrogen and oxygen atoms in total. The molecule has 0 aliphatic rings. The fourth-order valence-corrected chi connectivity index (χ4v) is 1.34. The molecule has 0 saturated heterocycles. The summed E-state index contributed by atoms with van der Waals surface area (Å²) in [5, 5.41) is 2.97. The van der Waals surface area contributed by atoms with Crippen LogP contribution in [0.2, 0.25) is 0 Å². The minimum Gasteiger partial charge on any atom is -0.316 e. The highest BCUT2D eigenvalue weighted by Crippen LogP contribution is 2.31. The second kappa shape index (κ2) is 2.83. The first-order chi connectivity index (χ1) is 5.02. The van der Waals surface area contributed by atoms with Crippen LogP contribution in [0.3, 0.4) is 0 Å². The molecule has 5 heteroatoms. The molecule has 1 aromatic heterocycles. The number of rotatable bonds is 1. The van der Waals surface area contributed by atoms with Crippen molar-refractivity contribution in [1.82, 2.24) is 0 Å². The number of halogens is 3. The van der Waals surface area contributed by atoms with Gasteiger partial charge in [0.05, 0.1) is 0 Å². The molecule has 0 radical (unpaired) electrons. The Morgan fingerprint density at radius 3 is 2.45 bits per heavy atom. The lowest BCUT2D eigenvalue weighted by Crippen LogP contribution is -2.27. The zero-order valence-corrected chi connectivity index (χ0v) is 6.25. The molecule has 0 spiro atoms. The summed E-state index contributed by atoms with van der Waals surface area (Å²) in [6.45, 7) is 0. The maximum Gasteiger partial charge on any atom is 0.407 e. The normalized spacial score (nSPS) is 14.9. The first-order valence-corrected chi connectivity index (χ1v) is 3.80. The van der Waals surface area contributed by atoms with Crippen molar-refractivity contribution >= 4 is 11.3 Å². The summed E-state index contributed by atoms with van der Waals surface area (Å²) in [6, 6.07) is -0.461. The predicted octanol–water partition coefficient (Wildman–Crippen LogP) is 2.31. The van der Waals surface area contributed by atoms with Gasteiger partial charge in [-0.3, -0.25) is 0 Å². The van der Waals surface area contributed by atoms with Crippen LogP contribution < -0.4 is 5.73 Å². The molecular weight excluding hydrogens is 175 g/mol. The van der Waals surface area contributed by atoms with Crippen LogP contribution in [-0.4, -0.2) is 6.18 Å². The zero-order valence-electron chi connectivity index (χ0n) is 5.43. The van der Waals surface area contributed by atoms with Gasteiger partial charge in [0.2, 0.25) is 0 Å². The van der Waals surface area contributed by atoms with Gasteiger partial charge in [0.15, 0.2) is 0 Å². The van der Waals surface area contributed by atoms with Crippen LogP contribution in [0, 0.1) is 0 Å². The van der Waals surface area contributed by atoms with E-state index in [4.69, 9.17) is 5.73 Å². The zero-order chi connectivity index (χ0) is 8.48. The van der Waals surface area contributed by atoms with Crippen LogP contribution in [0.1, 0.15) is 11.6 Å². The van der Waals surface area contributed by atoms with Gasteiger partial charge in [-0.1, -0.05) is 0 Å². The summed E-state index contributed by atoms with van der Waals surface area (Å²) in [5.41, 5.74) is 5.03. The number of hydrogen-bond acceptors (Lipinski definition) is 2. The molecular formula is C6H6F3NS. The fourth-order valence-electron chi connectivity index (χ4n) is 0.641. The molecule has 0 bridgehead atoms. The summed E-state index contributed by atoms with van der Waals surface area (Å²) in [7, 11) is 0. The van der Waals surface area contributed by atoms with E-state index in [1.165, 1.54) is 22.8 Å². The van der Waals surface area contributed by atoms with Crippen molar-refractivity contribution in [1.29, 1.82) is 0 Å².